The standard InChI is InChI=1S/C26H29N3O8S2/c1-28(38(31,32)23-12-13-24(35-2)25(18-23)36-3)21-8-4-19(5-9-21)26(30)27-20-6-10-22(11-7-20)39(33,34)29-14-16-37-17-15-29/h4-13,18H,14-17H2,1-3H3,(H,27,30). The number of hydrogen-bond donors (Lipinski definition) is 1. The second-order valence-corrected chi connectivity index (χ2v) is 12.4. The summed E-state index contributed by atoms with van der Waals surface area (Å²) in [6.07, 6.45) is 0. The van der Waals surface area contributed by atoms with Crippen molar-refractivity contribution >= 4 is 37.3 Å². The van der Waals surface area contributed by atoms with Gasteiger partial charge in [0.25, 0.3) is 15.9 Å². The van der Waals surface area contributed by atoms with Gasteiger partial charge in [-0.05, 0) is 60.7 Å². The van der Waals surface area contributed by atoms with Gasteiger partial charge in [0, 0.05) is 37.5 Å². The third-order valence-corrected chi connectivity index (χ3v) is 9.92. The molecule has 1 N–H and O–H groups in total. The predicted molar refractivity (Wildman–Crippen MR) is 146 cm³/mol. The summed E-state index contributed by atoms with van der Waals surface area (Å²) in [6, 6.07) is 16.3. The molecular weight excluding hydrogens is 546 g/mol. The zero-order valence-electron chi connectivity index (χ0n) is 21.7. The number of carbonyl (C=O) groups excluding carboxylic acids is 1. The maximum Gasteiger partial charge on any atom is 0.264 e. The van der Waals surface area contributed by atoms with Crippen molar-refractivity contribution in [1.82, 2.24) is 4.31 Å². The molecule has 0 saturated carbocycles. The van der Waals surface area contributed by atoms with Crippen LogP contribution in [0.2, 0.25) is 0 Å². The molecule has 1 amide bonds. The zero-order valence-corrected chi connectivity index (χ0v) is 23.3. The van der Waals surface area contributed by atoms with E-state index in [9.17, 15) is 21.6 Å². The van der Waals surface area contributed by atoms with E-state index in [1.165, 1.54) is 92.3 Å². The number of ether oxygens (including phenoxy) is 3. The monoisotopic (exact) mass is 575 g/mol. The van der Waals surface area contributed by atoms with Gasteiger partial charge in [-0.25, -0.2) is 16.8 Å². The van der Waals surface area contributed by atoms with Crippen molar-refractivity contribution in [2.24, 2.45) is 0 Å². The van der Waals surface area contributed by atoms with Gasteiger partial charge in [-0.2, -0.15) is 4.31 Å². The second-order valence-electron chi connectivity index (χ2n) is 8.53. The van der Waals surface area contributed by atoms with E-state index in [1.807, 2.05) is 0 Å². The average molecular weight is 576 g/mol. The van der Waals surface area contributed by atoms with Crippen LogP contribution in [0.3, 0.4) is 0 Å². The van der Waals surface area contributed by atoms with Crippen LogP contribution in [0.1, 0.15) is 10.4 Å². The van der Waals surface area contributed by atoms with E-state index in [1.54, 1.807) is 0 Å². The van der Waals surface area contributed by atoms with Gasteiger partial charge >= 0.3 is 0 Å². The third-order valence-electron chi connectivity index (χ3n) is 6.23. The van der Waals surface area contributed by atoms with Gasteiger partial charge < -0.3 is 19.5 Å². The van der Waals surface area contributed by atoms with E-state index < -0.39 is 26.0 Å². The van der Waals surface area contributed by atoms with Gasteiger partial charge in [-0.15, -0.1) is 0 Å². The molecule has 1 aliphatic heterocycles. The molecule has 1 saturated heterocycles. The molecule has 208 valence electrons. The van der Waals surface area contributed by atoms with Gasteiger partial charge in [-0.3, -0.25) is 9.10 Å². The van der Waals surface area contributed by atoms with Crippen LogP contribution < -0.4 is 19.1 Å². The number of anilines is 2. The molecule has 1 heterocycles. The Morgan fingerprint density at radius 3 is 2.03 bits per heavy atom. The van der Waals surface area contributed by atoms with Gasteiger partial charge in [0.15, 0.2) is 11.5 Å². The molecule has 0 unspecified atom stereocenters. The number of nitrogens with zero attached hydrogens (tertiary/aromatic N) is 2. The number of sulfonamides is 2. The Hall–Kier alpha value is -3.65. The maximum absolute atomic E-state index is 13.2. The van der Waals surface area contributed by atoms with Gasteiger partial charge in [0.2, 0.25) is 10.0 Å². The normalized spacial score (nSPS) is 14.4. The third kappa shape index (κ3) is 6.01. The first-order valence-corrected chi connectivity index (χ1v) is 14.8. The molecule has 39 heavy (non-hydrogen) atoms. The fourth-order valence-corrected chi connectivity index (χ4v) is 6.57. The number of rotatable bonds is 9. The molecule has 0 spiro atoms. The van der Waals surface area contributed by atoms with Crippen molar-refractivity contribution in [2.75, 3.05) is 57.2 Å². The van der Waals surface area contributed by atoms with Crippen LogP contribution in [0.4, 0.5) is 11.4 Å². The summed E-state index contributed by atoms with van der Waals surface area (Å²) in [5.41, 5.74) is 1.05. The molecule has 0 bridgehead atoms. The quantitative estimate of drug-likeness (QED) is 0.412. The zero-order chi connectivity index (χ0) is 28.2. The molecule has 3 aromatic rings. The first kappa shape index (κ1) is 28.4. The Kier molecular flexibility index (Phi) is 8.45. The highest BCUT2D eigenvalue weighted by molar-refractivity contribution is 7.92. The van der Waals surface area contributed by atoms with E-state index in [2.05, 4.69) is 5.32 Å². The molecule has 1 fully saturated rings. The first-order chi connectivity index (χ1) is 18.6. The molecule has 0 radical (unpaired) electrons. The summed E-state index contributed by atoms with van der Waals surface area (Å²) >= 11 is 0. The SMILES string of the molecule is COc1ccc(S(=O)(=O)N(C)c2ccc(C(=O)Nc3ccc(S(=O)(=O)N4CCOCC4)cc3)cc2)cc1OC. The second kappa shape index (κ2) is 11.6. The fourth-order valence-electron chi connectivity index (χ4n) is 3.95. The molecule has 0 aromatic heterocycles. The van der Waals surface area contributed by atoms with Gasteiger partial charge in [-0.1, -0.05) is 0 Å². The predicted octanol–water partition coefficient (Wildman–Crippen LogP) is 2.80. The molecule has 4 rings (SSSR count). The highest BCUT2D eigenvalue weighted by Crippen LogP contribution is 2.31. The van der Waals surface area contributed by atoms with Crippen molar-refractivity contribution in [2.45, 2.75) is 9.79 Å². The Bertz CT molecular complexity index is 1540. The van der Waals surface area contributed by atoms with Crippen molar-refractivity contribution in [3.8, 4) is 11.5 Å². The average Bonchev–Trinajstić information content (AvgIpc) is 2.97. The van der Waals surface area contributed by atoms with Crippen molar-refractivity contribution in [3.05, 3.63) is 72.3 Å². The Balaban J connectivity index is 1.44. The number of methoxy groups -OCH3 is 2. The van der Waals surface area contributed by atoms with Gasteiger partial charge in [0.1, 0.15) is 0 Å². The highest BCUT2D eigenvalue weighted by Gasteiger charge is 2.26. The molecule has 0 atom stereocenters. The van der Waals surface area contributed by atoms with E-state index >= 15 is 0 Å². The smallest absolute Gasteiger partial charge is 0.264 e. The Labute approximate surface area is 228 Å². The molecule has 3 aromatic carbocycles. The van der Waals surface area contributed by atoms with Crippen LogP contribution >= 0.6 is 0 Å². The topological polar surface area (TPSA) is 132 Å². The van der Waals surface area contributed by atoms with E-state index in [-0.39, 0.29) is 15.5 Å². The minimum atomic E-state index is -3.92. The summed E-state index contributed by atoms with van der Waals surface area (Å²) in [4.78, 5) is 12.9. The molecular formula is C26H29N3O8S2. The number of carbonyl (C=O) groups is 1. The lowest BCUT2D eigenvalue weighted by Gasteiger charge is -2.26. The summed E-state index contributed by atoms with van der Waals surface area (Å²) < 4.78 is 69.9. The number of hydrogen-bond acceptors (Lipinski definition) is 8. The minimum Gasteiger partial charge on any atom is -0.493 e. The molecule has 1 aliphatic rings. The Morgan fingerprint density at radius 2 is 1.44 bits per heavy atom. The number of benzene rings is 3. The number of morpholine rings is 1. The van der Waals surface area contributed by atoms with Crippen LogP contribution in [-0.4, -0.2) is 74.6 Å². The fraction of sp³-hybridized carbons (Fsp3) is 0.269. The highest BCUT2D eigenvalue weighted by atomic mass is 32.2. The van der Waals surface area contributed by atoms with E-state index in [0.717, 1.165) is 4.31 Å². The summed E-state index contributed by atoms with van der Waals surface area (Å²) in [5, 5.41) is 2.72. The minimum absolute atomic E-state index is 0.0172. The van der Waals surface area contributed by atoms with Gasteiger partial charge in [0.05, 0.1) is 42.9 Å². The maximum atomic E-state index is 13.2. The Morgan fingerprint density at radius 1 is 0.846 bits per heavy atom. The molecule has 11 nitrogen and oxygen atoms in total. The van der Waals surface area contributed by atoms with Crippen LogP contribution in [0, 0.1) is 0 Å². The van der Waals surface area contributed by atoms with Crippen LogP contribution in [-0.2, 0) is 24.8 Å². The van der Waals surface area contributed by atoms with Crippen molar-refractivity contribution < 1.29 is 35.8 Å². The summed E-state index contributed by atoms with van der Waals surface area (Å²) in [5.74, 6) is 0.254. The van der Waals surface area contributed by atoms with Crippen molar-refractivity contribution in [3.63, 3.8) is 0 Å². The largest absolute Gasteiger partial charge is 0.493 e. The summed E-state index contributed by atoms with van der Waals surface area (Å²) in [7, 11) is -3.27. The first-order valence-electron chi connectivity index (χ1n) is 11.9. The van der Waals surface area contributed by atoms with Crippen LogP contribution in [0.25, 0.3) is 0 Å². The lowest BCUT2D eigenvalue weighted by Crippen LogP contribution is -2.40. The van der Waals surface area contributed by atoms with Crippen molar-refractivity contribution in [1.29, 1.82) is 0 Å². The van der Waals surface area contributed by atoms with E-state index in [0.29, 0.717) is 49.0 Å². The van der Waals surface area contributed by atoms with E-state index in [4.69, 9.17) is 14.2 Å². The lowest BCUT2D eigenvalue weighted by molar-refractivity contribution is 0.0730. The summed E-state index contributed by atoms with van der Waals surface area (Å²) in [6.45, 7) is 1.29. The number of amides is 1. The number of nitrogens with one attached hydrogen (secondary N) is 1. The van der Waals surface area contributed by atoms with Crippen LogP contribution in [0.15, 0.2) is 76.5 Å². The molecule has 13 heteroatoms. The molecule has 0 aliphatic carbocycles. The van der Waals surface area contributed by atoms with Crippen LogP contribution in [0.5, 0.6) is 11.5 Å². The lowest BCUT2D eigenvalue weighted by atomic mass is 10.2.